The van der Waals surface area contributed by atoms with Gasteiger partial charge in [0.2, 0.25) is 0 Å². The van der Waals surface area contributed by atoms with Crippen LogP contribution < -0.4 is 4.74 Å². The lowest BCUT2D eigenvalue weighted by Crippen LogP contribution is -2.10. The summed E-state index contributed by atoms with van der Waals surface area (Å²) in [5.41, 5.74) is 4.52. The molecule has 0 bridgehead atoms. The lowest BCUT2D eigenvalue weighted by atomic mass is 9.87. The number of hydrogen-bond acceptors (Lipinski definition) is 2. The second-order valence-corrected chi connectivity index (χ2v) is 8.44. The van der Waals surface area contributed by atoms with Crippen molar-refractivity contribution in [1.29, 1.82) is 0 Å². The van der Waals surface area contributed by atoms with Gasteiger partial charge in [-0.25, -0.2) is 0 Å². The Bertz CT molecular complexity index is 611. The first-order valence-electron chi connectivity index (χ1n) is 8.83. The Morgan fingerprint density at radius 2 is 1.08 bits per heavy atom. The van der Waals surface area contributed by atoms with E-state index in [1.54, 1.807) is 7.11 Å². The molecule has 146 valence electrons. The average Bonchev–Trinajstić information content (AvgIpc) is 2.52. The van der Waals surface area contributed by atoms with E-state index >= 15 is 0 Å². The predicted octanol–water partition coefficient (Wildman–Crippen LogP) is 6.90. The summed E-state index contributed by atoms with van der Waals surface area (Å²) in [6.07, 6.45) is 0. The van der Waals surface area contributed by atoms with Crippen molar-refractivity contribution in [2.24, 2.45) is 0 Å². The van der Waals surface area contributed by atoms with Gasteiger partial charge in [-0.05, 0) is 41.0 Å². The van der Waals surface area contributed by atoms with Crippen molar-refractivity contribution < 1.29 is 9.47 Å². The van der Waals surface area contributed by atoms with E-state index in [4.69, 9.17) is 9.47 Å². The SMILES string of the molecule is C.COCOc1ccc(C(C)(C)C)cc1.Cc1ccc(C(C)(C)C)cc1. The van der Waals surface area contributed by atoms with Crippen LogP contribution >= 0.6 is 0 Å². The first-order chi connectivity index (χ1) is 11.5. The molecule has 0 unspecified atom stereocenters. The van der Waals surface area contributed by atoms with Crippen LogP contribution in [0.2, 0.25) is 0 Å². The highest BCUT2D eigenvalue weighted by atomic mass is 16.7. The Morgan fingerprint density at radius 3 is 1.42 bits per heavy atom. The number of rotatable bonds is 3. The molecule has 0 aromatic heterocycles. The van der Waals surface area contributed by atoms with Crippen molar-refractivity contribution >= 4 is 0 Å². The predicted molar refractivity (Wildman–Crippen MR) is 114 cm³/mol. The third-order valence-electron chi connectivity index (χ3n) is 3.98. The number of ether oxygens (including phenoxy) is 2. The summed E-state index contributed by atoms with van der Waals surface area (Å²) in [6.45, 7) is 15.7. The molecule has 0 N–H and O–H groups in total. The maximum absolute atomic E-state index is 5.30. The lowest BCUT2D eigenvalue weighted by molar-refractivity contribution is 0.0511. The molecule has 0 aliphatic carbocycles. The summed E-state index contributed by atoms with van der Waals surface area (Å²) >= 11 is 0. The van der Waals surface area contributed by atoms with Crippen molar-refractivity contribution in [1.82, 2.24) is 0 Å². The van der Waals surface area contributed by atoms with Gasteiger partial charge < -0.3 is 9.47 Å². The smallest absolute Gasteiger partial charge is 0.188 e. The van der Waals surface area contributed by atoms with E-state index in [1.807, 2.05) is 12.1 Å². The van der Waals surface area contributed by atoms with Gasteiger partial charge in [-0.1, -0.05) is 90.9 Å². The van der Waals surface area contributed by atoms with Crippen LogP contribution in [0.3, 0.4) is 0 Å². The van der Waals surface area contributed by atoms with Crippen LogP contribution in [0, 0.1) is 6.92 Å². The average molecular weight is 359 g/mol. The summed E-state index contributed by atoms with van der Waals surface area (Å²) in [5, 5.41) is 0. The van der Waals surface area contributed by atoms with Crippen LogP contribution in [0.25, 0.3) is 0 Å². The molecule has 2 rings (SSSR count). The number of aryl methyl sites for hydroxylation is 1. The van der Waals surface area contributed by atoms with Gasteiger partial charge in [0.05, 0.1) is 0 Å². The van der Waals surface area contributed by atoms with Crippen LogP contribution in [-0.4, -0.2) is 13.9 Å². The summed E-state index contributed by atoms with van der Waals surface area (Å²) in [5.74, 6) is 0.847. The van der Waals surface area contributed by atoms with Crippen molar-refractivity contribution in [3.05, 3.63) is 65.2 Å². The van der Waals surface area contributed by atoms with Crippen molar-refractivity contribution in [3.8, 4) is 5.75 Å². The molecule has 0 saturated carbocycles. The van der Waals surface area contributed by atoms with E-state index < -0.39 is 0 Å². The number of methoxy groups -OCH3 is 1. The Morgan fingerprint density at radius 1 is 0.692 bits per heavy atom. The minimum atomic E-state index is 0. The molecular weight excluding hydrogens is 320 g/mol. The Balaban J connectivity index is 0.000000475. The van der Waals surface area contributed by atoms with Crippen LogP contribution in [0.1, 0.15) is 65.7 Å². The minimum absolute atomic E-state index is 0. The molecule has 0 aliphatic rings. The molecule has 0 amide bonds. The van der Waals surface area contributed by atoms with Gasteiger partial charge in [0.25, 0.3) is 0 Å². The van der Waals surface area contributed by atoms with Gasteiger partial charge in [-0.15, -0.1) is 0 Å². The summed E-state index contributed by atoms with van der Waals surface area (Å²) in [6, 6.07) is 16.9. The van der Waals surface area contributed by atoms with Gasteiger partial charge in [0.1, 0.15) is 5.75 Å². The monoisotopic (exact) mass is 358 g/mol. The molecule has 26 heavy (non-hydrogen) atoms. The molecule has 2 nitrogen and oxygen atoms in total. The largest absolute Gasteiger partial charge is 0.468 e. The molecule has 0 atom stereocenters. The normalized spacial score (nSPS) is 11.1. The van der Waals surface area contributed by atoms with Gasteiger partial charge in [-0.3, -0.25) is 0 Å². The van der Waals surface area contributed by atoms with Crippen molar-refractivity contribution in [2.75, 3.05) is 13.9 Å². The maximum Gasteiger partial charge on any atom is 0.188 e. The van der Waals surface area contributed by atoms with Gasteiger partial charge in [0, 0.05) is 7.11 Å². The molecule has 2 aromatic carbocycles. The second kappa shape index (κ2) is 10.4. The van der Waals surface area contributed by atoms with E-state index in [9.17, 15) is 0 Å². The van der Waals surface area contributed by atoms with E-state index in [0.29, 0.717) is 6.79 Å². The molecule has 0 spiro atoms. The van der Waals surface area contributed by atoms with Crippen molar-refractivity contribution in [3.63, 3.8) is 0 Å². The molecule has 0 heterocycles. The van der Waals surface area contributed by atoms with Crippen LogP contribution in [0.4, 0.5) is 0 Å². The Kier molecular flexibility index (Phi) is 9.66. The Hall–Kier alpha value is -1.80. The quantitative estimate of drug-likeness (QED) is 0.556. The van der Waals surface area contributed by atoms with Gasteiger partial charge in [-0.2, -0.15) is 0 Å². The van der Waals surface area contributed by atoms with E-state index in [1.165, 1.54) is 16.7 Å². The zero-order valence-corrected chi connectivity index (χ0v) is 17.1. The zero-order valence-electron chi connectivity index (χ0n) is 17.1. The number of hydrogen-bond donors (Lipinski definition) is 0. The highest BCUT2D eigenvalue weighted by Crippen LogP contribution is 2.24. The number of benzene rings is 2. The van der Waals surface area contributed by atoms with Crippen molar-refractivity contribution in [2.45, 2.75) is 66.7 Å². The molecule has 0 fully saturated rings. The van der Waals surface area contributed by atoms with Gasteiger partial charge in [0.15, 0.2) is 6.79 Å². The molecule has 0 radical (unpaired) electrons. The summed E-state index contributed by atoms with van der Waals surface area (Å²) in [7, 11) is 1.61. The standard InChI is InChI=1S/C12H18O2.C11H16.CH4/c1-12(2,3)10-5-7-11(8-6-10)14-9-13-4;1-9-5-7-10(8-6-9)11(2,3)4;/h5-8H,9H2,1-4H3;5-8H,1-4H3;1H4. The molecular formula is C24H38O2. The van der Waals surface area contributed by atoms with E-state index in [2.05, 4.69) is 84.9 Å². The fourth-order valence-electron chi connectivity index (χ4n) is 2.23. The first kappa shape index (κ1) is 24.2. The topological polar surface area (TPSA) is 18.5 Å². The third-order valence-corrected chi connectivity index (χ3v) is 3.98. The minimum Gasteiger partial charge on any atom is -0.468 e. The molecule has 0 aliphatic heterocycles. The highest BCUT2D eigenvalue weighted by Gasteiger charge is 2.13. The maximum atomic E-state index is 5.30. The van der Waals surface area contributed by atoms with E-state index in [-0.39, 0.29) is 18.3 Å². The zero-order chi connectivity index (χ0) is 19.1. The van der Waals surface area contributed by atoms with Crippen LogP contribution in [-0.2, 0) is 15.6 Å². The van der Waals surface area contributed by atoms with Crippen LogP contribution in [0.15, 0.2) is 48.5 Å². The third kappa shape index (κ3) is 8.53. The fourth-order valence-corrected chi connectivity index (χ4v) is 2.23. The second-order valence-electron chi connectivity index (χ2n) is 8.44. The Labute approximate surface area is 161 Å². The summed E-state index contributed by atoms with van der Waals surface area (Å²) in [4.78, 5) is 0. The lowest BCUT2D eigenvalue weighted by Gasteiger charge is -2.19. The molecule has 2 heteroatoms. The highest BCUT2D eigenvalue weighted by molar-refractivity contribution is 5.31. The van der Waals surface area contributed by atoms with E-state index in [0.717, 1.165) is 5.75 Å². The molecule has 2 aromatic rings. The fraction of sp³-hybridized carbons (Fsp3) is 0.500. The van der Waals surface area contributed by atoms with Gasteiger partial charge >= 0.3 is 0 Å². The first-order valence-corrected chi connectivity index (χ1v) is 8.83. The van der Waals surface area contributed by atoms with Crippen LogP contribution in [0.5, 0.6) is 5.75 Å². The summed E-state index contributed by atoms with van der Waals surface area (Å²) < 4.78 is 10.1. The molecule has 0 saturated heterocycles.